The molecule has 0 saturated heterocycles. The van der Waals surface area contributed by atoms with Gasteiger partial charge in [0, 0.05) is 0 Å². The zero-order valence-electron chi connectivity index (χ0n) is 5.21. The van der Waals surface area contributed by atoms with Gasteiger partial charge in [0.1, 0.15) is 0 Å². The van der Waals surface area contributed by atoms with Crippen molar-refractivity contribution in [3.63, 3.8) is 0 Å². The summed E-state index contributed by atoms with van der Waals surface area (Å²) in [5.41, 5.74) is 0. The number of halogens is 2. The van der Waals surface area contributed by atoms with Gasteiger partial charge in [-0.15, -0.1) is 0 Å². The summed E-state index contributed by atoms with van der Waals surface area (Å²) in [7, 11) is 0. The van der Waals surface area contributed by atoms with Crippen molar-refractivity contribution in [1.29, 1.82) is 0 Å². The number of benzene rings is 1. The third-order valence-corrected chi connectivity index (χ3v) is 2.38. The average Bonchev–Trinajstić information content (AvgIpc) is 1.94. The van der Waals surface area contributed by atoms with Crippen molar-refractivity contribution in [2.45, 2.75) is 4.90 Å². The minimum atomic E-state index is -2.51. The Hall–Kier alpha value is -0.260. The van der Waals surface area contributed by atoms with Gasteiger partial charge in [-0.05, 0) is 39.1 Å². The summed E-state index contributed by atoms with van der Waals surface area (Å²) in [4.78, 5) is -0.320. The molecule has 0 amide bonds. The molecule has 1 unspecified atom stereocenters. The molecule has 0 aromatic heterocycles. The summed E-state index contributed by atoms with van der Waals surface area (Å²) in [6.07, 6.45) is 0. The molecule has 0 aliphatic heterocycles. The fourth-order valence-electron chi connectivity index (χ4n) is 0.613. The summed E-state index contributed by atoms with van der Waals surface area (Å²) in [6, 6.07) is 4.09. The SMILES string of the molecule is O=S([O-])c1cccc(Br)c1F. The van der Waals surface area contributed by atoms with Crippen LogP contribution in [0.3, 0.4) is 0 Å². The molecule has 0 bridgehead atoms. The molecule has 1 aromatic carbocycles. The van der Waals surface area contributed by atoms with Crippen molar-refractivity contribution in [3.05, 3.63) is 28.5 Å². The number of hydrogen-bond acceptors (Lipinski definition) is 2. The van der Waals surface area contributed by atoms with Crippen LogP contribution in [-0.4, -0.2) is 8.76 Å². The van der Waals surface area contributed by atoms with Crippen LogP contribution in [0.25, 0.3) is 0 Å². The second-order valence-corrected chi connectivity index (χ2v) is 3.55. The third kappa shape index (κ3) is 1.85. The first-order valence-corrected chi connectivity index (χ1v) is 4.53. The Morgan fingerprint density at radius 3 is 2.64 bits per heavy atom. The molecular formula is C6H3BrFO2S-. The molecule has 5 heteroatoms. The van der Waals surface area contributed by atoms with Gasteiger partial charge in [-0.1, -0.05) is 6.07 Å². The van der Waals surface area contributed by atoms with Gasteiger partial charge in [0.25, 0.3) is 0 Å². The lowest BCUT2D eigenvalue weighted by Gasteiger charge is -2.06. The van der Waals surface area contributed by atoms with E-state index >= 15 is 0 Å². The monoisotopic (exact) mass is 237 g/mol. The molecule has 1 atom stereocenters. The van der Waals surface area contributed by atoms with Crippen LogP contribution in [0.1, 0.15) is 0 Å². The van der Waals surface area contributed by atoms with Crippen molar-refractivity contribution in [3.8, 4) is 0 Å². The largest absolute Gasteiger partial charge is 0.768 e. The first kappa shape index (κ1) is 8.83. The van der Waals surface area contributed by atoms with E-state index in [2.05, 4.69) is 15.9 Å². The number of rotatable bonds is 1. The van der Waals surface area contributed by atoms with E-state index in [0.29, 0.717) is 0 Å². The molecule has 0 aliphatic rings. The van der Waals surface area contributed by atoms with Gasteiger partial charge in [-0.3, -0.25) is 4.21 Å². The summed E-state index contributed by atoms with van der Waals surface area (Å²) < 4.78 is 33.6. The van der Waals surface area contributed by atoms with Gasteiger partial charge in [0.15, 0.2) is 5.82 Å². The number of hydrogen-bond donors (Lipinski definition) is 0. The quantitative estimate of drug-likeness (QED) is 0.700. The van der Waals surface area contributed by atoms with Crippen LogP contribution in [0.4, 0.5) is 4.39 Å². The van der Waals surface area contributed by atoms with Crippen molar-refractivity contribution in [2.24, 2.45) is 0 Å². The minimum absolute atomic E-state index is 0.152. The van der Waals surface area contributed by atoms with E-state index in [-0.39, 0.29) is 9.37 Å². The zero-order valence-corrected chi connectivity index (χ0v) is 7.62. The topological polar surface area (TPSA) is 40.1 Å². The van der Waals surface area contributed by atoms with Crippen LogP contribution in [-0.2, 0) is 11.1 Å². The van der Waals surface area contributed by atoms with Crippen LogP contribution in [0.15, 0.2) is 27.6 Å². The highest BCUT2D eigenvalue weighted by Gasteiger charge is 2.04. The van der Waals surface area contributed by atoms with Gasteiger partial charge >= 0.3 is 0 Å². The maximum atomic E-state index is 12.8. The predicted molar refractivity (Wildman–Crippen MR) is 41.3 cm³/mol. The molecule has 0 heterocycles. The Morgan fingerprint density at radius 2 is 2.18 bits per heavy atom. The Kier molecular flexibility index (Phi) is 2.75. The van der Waals surface area contributed by atoms with E-state index < -0.39 is 16.9 Å². The van der Waals surface area contributed by atoms with Crippen molar-refractivity contribution >= 4 is 27.0 Å². The summed E-state index contributed by atoms with van der Waals surface area (Å²) in [6.45, 7) is 0. The molecule has 0 aliphatic carbocycles. The summed E-state index contributed by atoms with van der Waals surface area (Å²) >= 11 is 0.360. The van der Waals surface area contributed by atoms with Crippen LogP contribution >= 0.6 is 15.9 Å². The van der Waals surface area contributed by atoms with Crippen molar-refractivity contribution in [1.82, 2.24) is 0 Å². The first-order valence-electron chi connectivity index (χ1n) is 2.66. The van der Waals surface area contributed by atoms with E-state index in [1.165, 1.54) is 18.2 Å². The van der Waals surface area contributed by atoms with Crippen molar-refractivity contribution in [2.75, 3.05) is 0 Å². The lowest BCUT2D eigenvalue weighted by atomic mass is 10.3. The lowest BCUT2D eigenvalue weighted by Crippen LogP contribution is -1.93. The van der Waals surface area contributed by atoms with Gasteiger partial charge in [-0.25, -0.2) is 4.39 Å². The Labute approximate surface area is 73.8 Å². The molecule has 0 radical (unpaired) electrons. The van der Waals surface area contributed by atoms with Crippen LogP contribution in [0.5, 0.6) is 0 Å². The molecule has 2 nitrogen and oxygen atoms in total. The molecule has 1 aromatic rings. The van der Waals surface area contributed by atoms with Crippen LogP contribution < -0.4 is 0 Å². The highest BCUT2D eigenvalue weighted by Crippen LogP contribution is 2.20. The maximum Gasteiger partial charge on any atom is 0.152 e. The molecular weight excluding hydrogens is 235 g/mol. The van der Waals surface area contributed by atoms with E-state index in [9.17, 15) is 13.2 Å². The van der Waals surface area contributed by atoms with Gasteiger partial charge in [0.2, 0.25) is 0 Å². The van der Waals surface area contributed by atoms with E-state index in [4.69, 9.17) is 0 Å². The first-order chi connectivity index (χ1) is 5.13. The molecule has 0 spiro atoms. The molecule has 1 rings (SSSR count). The fraction of sp³-hybridized carbons (Fsp3) is 0. The molecule has 0 fully saturated rings. The van der Waals surface area contributed by atoms with Gasteiger partial charge in [0.05, 0.1) is 9.37 Å². The van der Waals surface area contributed by atoms with Gasteiger partial charge in [-0.2, -0.15) is 0 Å². The highest BCUT2D eigenvalue weighted by molar-refractivity contribution is 9.10. The second-order valence-electron chi connectivity index (χ2n) is 1.79. The summed E-state index contributed by atoms with van der Waals surface area (Å²) in [5, 5.41) is 0. The van der Waals surface area contributed by atoms with E-state index in [1.54, 1.807) is 0 Å². The Bertz CT molecular complexity index is 303. The Balaban J connectivity index is 3.27. The van der Waals surface area contributed by atoms with E-state index in [1.807, 2.05) is 0 Å². The molecule has 0 saturated carbocycles. The standard InChI is InChI=1S/C6H4BrFO2S/c7-4-2-1-3-5(6(4)8)11(9)10/h1-3H,(H,9,10)/p-1. The van der Waals surface area contributed by atoms with Gasteiger partial charge < -0.3 is 4.55 Å². The zero-order chi connectivity index (χ0) is 8.43. The molecule has 0 N–H and O–H groups in total. The summed E-state index contributed by atoms with van der Waals surface area (Å²) in [5.74, 6) is -0.749. The third-order valence-electron chi connectivity index (χ3n) is 1.10. The smallest absolute Gasteiger partial charge is 0.152 e. The maximum absolute atomic E-state index is 12.8. The molecule has 11 heavy (non-hydrogen) atoms. The fourth-order valence-corrected chi connectivity index (χ4v) is 1.56. The van der Waals surface area contributed by atoms with E-state index in [0.717, 1.165) is 0 Å². The predicted octanol–water partition coefficient (Wildman–Crippen LogP) is 1.83. The Morgan fingerprint density at radius 1 is 1.55 bits per heavy atom. The lowest BCUT2D eigenvalue weighted by molar-refractivity contribution is 0.522. The normalized spacial score (nSPS) is 13.0. The minimum Gasteiger partial charge on any atom is -0.768 e. The second kappa shape index (κ2) is 3.42. The van der Waals surface area contributed by atoms with Crippen LogP contribution in [0.2, 0.25) is 0 Å². The van der Waals surface area contributed by atoms with Crippen molar-refractivity contribution < 1.29 is 13.2 Å². The highest BCUT2D eigenvalue weighted by atomic mass is 79.9. The molecule has 60 valence electrons. The average molecular weight is 238 g/mol. The van der Waals surface area contributed by atoms with Crippen LogP contribution in [0, 0.1) is 5.82 Å².